The van der Waals surface area contributed by atoms with Crippen LogP contribution in [0.5, 0.6) is 0 Å². The Morgan fingerprint density at radius 2 is 1.91 bits per heavy atom. The molecule has 0 saturated heterocycles. The van der Waals surface area contributed by atoms with Gasteiger partial charge in [-0.05, 0) is 41.0 Å². The molecule has 2 aromatic carbocycles. The maximum absolute atomic E-state index is 12.5. The highest BCUT2D eigenvalue weighted by atomic mass is 35.5. The average Bonchev–Trinajstić information content (AvgIpc) is 2.78. The van der Waals surface area contributed by atoms with E-state index in [0.717, 1.165) is 11.1 Å². The van der Waals surface area contributed by atoms with Crippen molar-refractivity contribution >= 4 is 29.4 Å². The van der Waals surface area contributed by atoms with Gasteiger partial charge in [-0.2, -0.15) is 0 Å². The molecule has 2 aromatic rings. The third kappa shape index (κ3) is 2.95. The van der Waals surface area contributed by atoms with Gasteiger partial charge in [0.25, 0.3) is 0 Å². The lowest BCUT2D eigenvalue weighted by atomic mass is 10.0. The van der Waals surface area contributed by atoms with Gasteiger partial charge in [-0.15, -0.1) is 0 Å². The van der Waals surface area contributed by atoms with Crippen molar-refractivity contribution in [3.05, 3.63) is 75.3 Å². The van der Waals surface area contributed by atoms with E-state index in [1.165, 1.54) is 0 Å². The van der Waals surface area contributed by atoms with Crippen LogP contribution in [-0.2, 0) is 17.6 Å². The Kier molecular flexibility index (Phi) is 3.82. The molecular weight excluding hydrogens is 300 g/mol. The number of hydrogen-bond acceptors (Lipinski definition) is 2. The Hall–Kier alpha value is -2.39. The summed E-state index contributed by atoms with van der Waals surface area (Å²) in [6.45, 7) is 0. The number of allylic oxidation sites excluding steroid dienone is 1. The van der Waals surface area contributed by atoms with Crippen LogP contribution in [-0.4, -0.2) is 16.9 Å². The fraction of sp³-hybridized carbons (Fsp3) is 0.111. The average molecular weight is 313 g/mol. The fourth-order valence-electron chi connectivity index (χ4n) is 2.61. The quantitative estimate of drug-likeness (QED) is 0.877. The largest absolute Gasteiger partial charge is 0.481 e. The molecule has 0 amide bonds. The summed E-state index contributed by atoms with van der Waals surface area (Å²) < 4.78 is 0. The van der Waals surface area contributed by atoms with Crippen molar-refractivity contribution in [2.75, 3.05) is 0 Å². The molecule has 4 heteroatoms. The molecule has 1 aliphatic rings. The molecule has 0 unspecified atom stereocenters. The van der Waals surface area contributed by atoms with Crippen LogP contribution < -0.4 is 0 Å². The van der Waals surface area contributed by atoms with Gasteiger partial charge in [0.2, 0.25) is 0 Å². The maximum atomic E-state index is 12.5. The number of Topliss-reactive ketones (excluding diaryl/α,β-unsaturated/α-hetero) is 1. The zero-order valence-electron chi connectivity index (χ0n) is 11.7. The Labute approximate surface area is 132 Å². The second kappa shape index (κ2) is 5.78. The van der Waals surface area contributed by atoms with Crippen molar-refractivity contribution in [3.8, 4) is 0 Å². The van der Waals surface area contributed by atoms with Crippen LogP contribution in [0.1, 0.15) is 27.0 Å². The SMILES string of the molecule is O=C(O)Cc1ccc2c(c1)C(=O)/C(=C\c1ccc(Cl)cc1)C2. The van der Waals surface area contributed by atoms with E-state index < -0.39 is 5.97 Å². The number of rotatable bonds is 3. The zero-order chi connectivity index (χ0) is 15.7. The molecule has 0 radical (unpaired) electrons. The summed E-state index contributed by atoms with van der Waals surface area (Å²) in [7, 11) is 0. The van der Waals surface area contributed by atoms with E-state index in [1.807, 2.05) is 24.3 Å². The van der Waals surface area contributed by atoms with Gasteiger partial charge in [0.1, 0.15) is 0 Å². The highest BCUT2D eigenvalue weighted by molar-refractivity contribution is 6.30. The standard InChI is InChI=1S/C18H13ClO3/c19-15-5-2-11(3-6-15)7-14-10-13-4-1-12(9-17(20)21)8-16(13)18(14)22/h1-8H,9-10H2,(H,20,21)/b14-7-. The number of carbonyl (C=O) groups excluding carboxylic acids is 1. The lowest BCUT2D eigenvalue weighted by molar-refractivity contribution is -0.136. The van der Waals surface area contributed by atoms with Gasteiger partial charge < -0.3 is 5.11 Å². The Morgan fingerprint density at radius 3 is 2.59 bits per heavy atom. The van der Waals surface area contributed by atoms with Crippen molar-refractivity contribution in [2.24, 2.45) is 0 Å². The minimum atomic E-state index is -0.901. The fourth-order valence-corrected chi connectivity index (χ4v) is 2.73. The molecule has 1 N–H and O–H groups in total. The van der Waals surface area contributed by atoms with Crippen molar-refractivity contribution in [2.45, 2.75) is 12.8 Å². The molecule has 0 bridgehead atoms. The van der Waals surface area contributed by atoms with Gasteiger partial charge >= 0.3 is 5.97 Å². The Bertz CT molecular complexity index is 788. The summed E-state index contributed by atoms with van der Waals surface area (Å²) in [5, 5.41) is 9.50. The second-order valence-electron chi connectivity index (χ2n) is 5.29. The third-order valence-corrected chi connectivity index (χ3v) is 3.91. The maximum Gasteiger partial charge on any atom is 0.307 e. The third-order valence-electron chi connectivity index (χ3n) is 3.66. The molecule has 0 heterocycles. The van der Waals surface area contributed by atoms with E-state index in [4.69, 9.17) is 16.7 Å². The van der Waals surface area contributed by atoms with Gasteiger partial charge in [-0.3, -0.25) is 9.59 Å². The van der Waals surface area contributed by atoms with E-state index in [0.29, 0.717) is 28.1 Å². The molecule has 0 aliphatic heterocycles. The predicted octanol–water partition coefficient (Wildman–Crippen LogP) is 3.79. The number of carboxylic acid groups (broad SMARTS) is 1. The summed E-state index contributed by atoms with van der Waals surface area (Å²) in [6.07, 6.45) is 2.36. The second-order valence-corrected chi connectivity index (χ2v) is 5.73. The van der Waals surface area contributed by atoms with Gasteiger partial charge in [-0.25, -0.2) is 0 Å². The molecule has 110 valence electrons. The molecule has 1 aliphatic carbocycles. The number of hydrogen-bond donors (Lipinski definition) is 1. The van der Waals surface area contributed by atoms with Gasteiger partial charge in [0.15, 0.2) is 5.78 Å². The minimum absolute atomic E-state index is 0.0304. The first-order valence-electron chi connectivity index (χ1n) is 6.87. The number of aliphatic carboxylic acids is 1. The van der Waals surface area contributed by atoms with E-state index in [2.05, 4.69) is 0 Å². The minimum Gasteiger partial charge on any atom is -0.481 e. The van der Waals surface area contributed by atoms with Crippen LogP contribution in [0.15, 0.2) is 48.0 Å². The Morgan fingerprint density at radius 1 is 1.18 bits per heavy atom. The molecule has 22 heavy (non-hydrogen) atoms. The molecule has 0 aromatic heterocycles. The smallest absolute Gasteiger partial charge is 0.307 e. The number of carboxylic acids is 1. The molecule has 0 saturated carbocycles. The van der Waals surface area contributed by atoms with Crippen molar-refractivity contribution in [3.63, 3.8) is 0 Å². The van der Waals surface area contributed by atoms with E-state index >= 15 is 0 Å². The van der Waals surface area contributed by atoms with Gasteiger partial charge in [0, 0.05) is 22.6 Å². The van der Waals surface area contributed by atoms with Gasteiger partial charge in [0.05, 0.1) is 6.42 Å². The summed E-state index contributed by atoms with van der Waals surface area (Å²) in [5.74, 6) is -0.931. The summed E-state index contributed by atoms with van der Waals surface area (Å²) in [4.78, 5) is 23.2. The lowest BCUT2D eigenvalue weighted by Crippen LogP contribution is -2.02. The molecule has 3 nitrogen and oxygen atoms in total. The van der Waals surface area contributed by atoms with E-state index in [-0.39, 0.29) is 12.2 Å². The van der Waals surface area contributed by atoms with Crippen molar-refractivity contribution in [1.29, 1.82) is 0 Å². The molecular formula is C18H13ClO3. The molecule has 0 spiro atoms. The van der Waals surface area contributed by atoms with Crippen LogP contribution in [0.25, 0.3) is 6.08 Å². The number of halogens is 1. The first kappa shape index (κ1) is 14.5. The summed E-state index contributed by atoms with van der Waals surface area (Å²) in [5.41, 5.74) is 3.83. The number of carbonyl (C=O) groups is 2. The predicted molar refractivity (Wildman–Crippen MR) is 85.2 cm³/mol. The normalized spacial score (nSPS) is 15.1. The number of fused-ring (bicyclic) bond motifs is 1. The molecule has 0 atom stereocenters. The van der Waals surface area contributed by atoms with E-state index in [9.17, 15) is 9.59 Å². The first-order chi connectivity index (χ1) is 10.5. The summed E-state index contributed by atoms with van der Waals surface area (Å²) in [6, 6.07) is 12.6. The topological polar surface area (TPSA) is 54.4 Å². The highest BCUT2D eigenvalue weighted by Crippen LogP contribution is 2.29. The van der Waals surface area contributed by atoms with Crippen molar-refractivity contribution in [1.82, 2.24) is 0 Å². The first-order valence-corrected chi connectivity index (χ1v) is 7.25. The van der Waals surface area contributed by atoms with Crippen LogP contribution in [0.4, 0.5) is 0 Å². The summed E-state index contributed by atoms with van der Waals surface area (Å²) >= 11 is 5.85. The Balaban J connectivity index is 1.90. The highest BCUT2D eigenvalue weighted by Gasteiger charge is 2.25. The lowest BCUT2D eigenvalue weighted by Gasteiger charge is -2.00. The molecule has 3 rings (SSSR count). The zero-order valence-corrected chi connectivity index (χ0v) is 12.4. The van der Waals surface area contributed by atoms with Crippen LogP contribution in [0, 0.1) is 0 Å². The number of ketones is 1. The van der Waals surface area contributed by atoms with Crippen LogP contribution in [0.2, 0.25) is 5.02 Å². The monoisotopic (exact) mass is 312 g/mol. The van der Waals surface area contributed by atoms with Crippen LogP contribution in [0.3, 0.4) is 0 Å². The molecule has 0 fully saturated rings. The van der Waals surface area contributed by atoms with Crippen molar-refractivity contribution < 1.29 is 14.7 Å². The van der Waals surface area contributed by atoms with Gasteiger partial charge in [-0.1, -0.05) is 35.9 Å². The van der Waals surface area contributed by atoms with E-state index in [1.54, 1.807) is 24.3 Å². The van der Waals surface area contributed by atoms with Crippen LogP contribution >= 0.6 is 11.6 Å². The number of benzene rings is 2.